The van der Waals surface area contributed by atoms with E-state index in [1.54, 1.807) is 11.3 Å². The van der Waals surface area contributed by atoms with E-state index in [0.717, 1.165) is 12.1 Å². The molecule has 0 spiro atoms. The number of piperazine rings is 1. The molecule has 1 aliphatic heterocycles. The van der Waals surface area contributed by atoms with Crippen LogP contribution in [-0.2, 0) is 0 Å². The van der Waals surface area contributed by atoms with E-state index in [1.165, 1.54) is 49.5 Å². The predicted octanol–water partition coefficient (Wildman–Crippen LogP) is 2.35. The normalized spacial score (nSPS) is 17.6. The zero-order valence-corrected chi connectivity index (χ0v) is 12.8. The highest BCUT2D eigenvalue weighted by atomic mass is 32.1. The maximum atomic E-state index is 4.37. The van der Waals surface area contributed by atoms with Crippen molar-refractivity contribution in [3.8, 4) is 0 Å². The van der Waals surface area contributed by atoms with Gasteiger partial charge in [-0.25, -0.2) is 0 Å². The molecule has 1 saturated heterocycles. The topological polar surface area (TPSA) is 31.4 Å². The van der Waals surface area contributed by atoms with Crippen LogP contribution in [0.2, 0.25) is 0 Å². The number of aromatic nitrogens is 1. The van der Waals surface area contributed by atoms with E-state index in [9.17, 15) is 0 Å². The van der Waals surface area contributed by atoms with Gasteiger partial charge in [-0.1, -0.05) is 0 Å². The van der Waals surface area contributed by atoms with Gasteiger partial charge < -0.3 is 15.1 Å². The SMILES string of the molecule is CN1CCN(CCCNc2ccnc3ccsc23)CC1. The molecule has 1 aliphatic rings. The summed E-state index contributed by atoms with van der Waals surface area (Å²) in [6, 6.07) is 4.16. The van der Waals surface area contributed by atoms with Crippen molar-refractivity contribution < 1.29 is 0 Å². The number of anilines is 1. The second-order valence-corrected chi connectivity index (χ2v) is 6.33. The number of fused-ring (bicyclic) bond motifs is 1. The summed E-state index contributed by atoms with van der Waals surface area (Å²) in [4.78, 5) is 9.33. The fourth-order valence-electron chi connectivity index (χ4n) is 2.61. The first-order chi connectivity index (χ1) is 9.83. The first-order valence-electron chi connectivity index (χ1n) is 7.30. The molecule has 3 rings (SSSR count). The quantitative estimate of drug-likeness (QED) is 0.857. The van der Waals surface area contributed by atoms with Gasteiger partial charge in [0.25, 0.3) is 0 Å². The molecular weight excluding hydrogens is 268 g/mol. The zero-order chi connectivity index (χ0) is 13.8. The van der Waals surface area contributed by atoms with Crippen molar-refractivity contribution in [3.05, 3.63) is 23.7 Å². The van der Waals surface area contributed by atoms with Crippen LogP contribution in [0.3, 0.4) is 0 Å². The molecule has 1 fully saturated rings. The Bertz CT molecular complexity index is 546. The van der Waals surface area contributed by atoms with Gasteiger partial charge in [0.15, 0.2) is 0 Å². The molecule has 20 heavy (non-hydrogen) atoms. The second-order valence-electron chi connectivity index (χ2n) is 5.42. The minimum atomic E-state index is 1.03. The van der Waals surface area contributed by atoms with Gasteiger partial charge in [0.05, 0.1) is 15.9 Å². The van der Waals surface area contributed by atoms with E-state index in [0.29, 0.717) is 0 Å². The lowest BCUT2D eigenvalue weighted by molar-refractivity contribution is 0.154. The van der Waals surface area contributed by atoms with E-state index in [4.69, 9.17) is 0 Å². The Balaban J connectivity index is 1.45. The molecule has 0 unspecified atom stereocenters. The molecule has 0 saturated carbocycles. The number of nitrogens with zero attached hydrogens (tertiary/aromatic N) is 3. The van der Waals surface area contributed by atoms with Gasteiger partial charge in [0, 0.05) is 38.9 Å². The first kappa shape index (κ1) is 13.8. The number of likely N-dealkylation sites (N-methyl/N-ethyl adjacent to an activating group) is 1. The van der Waals surface area contributed by atoms with Crippen LogP contribution >= 0.6 is 11.3 Å². The van der Waals surface area contributed by atoms with Crippen molar-refractivity contribution in [2.45, 2.75) is 6.42 Å². The third-order valence-electron chi connectivity index (χ3n) is 3.91. The number of hydrogen-bond acceptors (Lipinski definition) is 5. The highest BCUT2D eigenvalue weighted by Gasteiger charge is 2.12. The summed E-state index contributed by atoms with van der Waals surface area (Å²) in [5.41, 5.74) is 2.32. The largest absolute Gasteiger partial charge is 0.384 e. The number of thiophene rings is 1. The second kappa shape index (κ2) is 6.52. The summed E-state index contributed by atoms with van der Waals surface area (Å²) in [5.74, 6) is 0. The summed E-state index contributed by atoms with van der Waals surface area (Å²) in [6.07, 6.45) is 3.08. The molecule has 2 aromatic rings. The number of nitrogens with one attached hydrogen (secondary N) is 1. The lowest BCUT2D eigenvalue weighted by Crippen LogP contribution is -2.44. The van der Waals surface area contributed by atoms with Crippen molar-refractivity contribution in [1.82, 2.24) is 14.8 Å². The van der Waals surface area contributed by atoms with E-state index in [1.807, 2.05) is 6.20 Å². The molecule has 1 N–H and O–H groups in total. The van der Waals surface area contributed by atoms with Crippen LogP contribution in [0.25, 0.3) is 10.2 Å². The lowest BCUT2D eigenvalue weighted by atomic mass is 10.3. The highest BCUT2D eigenvalue weighted by Crippen LogP contribution is 2.26. The van der Waals surface area contributed by atoms with Crippen LogP contribution in [0, 0.1) is 0 Å². The van der Waals surface area contributed by atoms with Gasteiger partial charge in [-0.15, -0.1) is 11.3 Å². The molecule has 0 radical (unpaired) electrons. The molecule has 0 aromatic carbocycles. The molecular formula is C15H22N4S. The van der Waals surface area contributed by atoms with Gasteiger partial charge in [-0.05, 0) is 37.5 Å². The Morgan fingerprint density at radius 3 is 2.95 bits per heavy atom. The van der Waals surface area contributed by atoms with Crippen LogP contribution in [0.1, 0.15) is 6.42 Å². The third-order valence-corrected chi connectivity index (χ3v) is 4.84. The molecule has 4 nitrogen and oxygen atoms in total. The molecule has 0 amide bonds. The molecule has 2 aromatic heterocycles. The van der Waals surface area contributed by atoms with Gasteiger partial charge in [-0.2, -0.15) is 0 Å². The fourth-order valence-corrected chi connectivity index (χ4v) is 3.45. The van der Waals surface area contributed by atoms with Crippen LogP contribution in [0.4, 0.5) is 5.69 Å². The number of hydrogen-bond donors (Lipinski definition) is 1. The number of rotatable bonds is 5. The van der Waals surface area contributed by atoms with Crippen LogP contribution in [0.5, 0.6) is 0 Å². The lowest BCUT2D eigenvalue weighted by Gasteiger charge is -2.32. The smallest absolute Gasteiger partial charge is 0.0830 e. The van der Waals surface area contributed by atoms with Crippen molar-refractivity contribution in [1.29, 1.82) is 0 Å². The molecule has 108 valence electrons. The maximum Gasteiger partial charge on any atom is 0.0830 e. The maximum absolute atomic E-state index is 4.37. The van der Waals surface area contributed by atoms with Crippen LogP contribution in [-0.4, -0.2) is 61.1 Å². The van der Waals surface area contributed by atoms with Crippen LogP contribution in [0.15, 0.2) is 23.7 Å². The minimum absolute atomic E-state index is 1.03. The van der Waals surface area contributed by atoms with Crippen LogP contribution < -0.4 is 5.32 Å². The molecule has 5 heteroatoms. The van der Waals surface area contributed by atoms with Crippen molar-refractivity contribution in [2.75, 3.05) is 51.6 Å². The molecule has 0 bridgehead atoms. The highest BCUT2D eigenvalue weighted by molar-refractivity contribution is 7.17. The first-order valence-corrected chi connectivity index (χ1v) is 8.18. The summed E-state index contributed by atoms with van der Waals surface area (Å²) < 4.78 is 1.27. The summed E-state index contributed by atoms with van der Waals surface area (Å²) >= 11 is 1.76. The predicted molar refractivity (Wildman–Crippen MR) is 86.7 cm³/mol. The number of pyridine rings is 1. The zero-order valence-electron chi connectivity index (χ0n) is 12.0. The fraction of sp³-hybridized carbons (Fsp3) is 0.533. The van der Waals surface area contributed by atoms with E-state index in [2.05, 4.69) is 44.7 Å². The Morgan fingerprint density at radius 2 is 2.10 bits per heavy atom. The van der Waals surface area contributed by atoms with E-state index >= 15 is 0 Å². The van der Waals surface area contributed by atoms with Gasteiger partial charge in [0.2, 0.25) is 0 Å². The molecule has 0 atom stereocenters. The molecule has 3 heterocycles. The standard InChI is InChI=1S/C15H22N4S/c1-18-8-10-19(11-9-18)7-2-5-16-13-3-6-17-14-4-12-20-15(13)14/h3-4,6,12H,2,5,7-11H2,1H3,(H,16,17). The Labute approximate surface area is 124 Å². The average molecular weight is 290 g/mol. The van der Waals surface area contributed by atoms with Crippen molar-refractivity contribution in [3.63, 3.8) is 0 Å². The van der Waals surface area contributed by atoms with Gasteiger partial charge in [0.1, 0.15) is 0 Å². The average Bonchev–Trinajstić information content (AvgIpc) is 2.94. The van der Waals surface area contributed by atoms with E-state index in [-0.39, 0.29) is 0 Å². The van der Waals surface area contributed by atoms with Crippen molar-refractivity contribution in [2.24, 2.45) is 0 Å². The Morgan fingerprint density at radius 1 is 1.25 bits per heavy atom. The summed E-state index contributed by atoms with van der Waals surface area (Å²) in [7, 11) is 2.20. The van der Waals surface area contributed by atoms with Gasteiger partial charge >= 0.3 is 0 Å². The van der Waals surface area contributed by atoms with Gasteiger partial charge in [-0.3, -0.25) is 4.98 Å². The van der Waals surface area contributed by atoms with E-state index < -0.39 is 0 Å². The minimum Gasteiger partial charge on any atom is -0.384 e. The summed E-state index contributed by atoms with van der Waals surface area (Å²) in [6.45, 7) is 7.05. The Hall–Kier alpha value is -1.17. The monoisotopic (exact) mass is 290 g/mol. The van der Waals surface area contributed by atoms with Crippen molar-refractivity contribution >= 4 is 27.2 Å². The Kier molecular flexibility index (Phi) is 4.50. The summed E-state index contributed by atoms with van der Waals surface area (Å²) in [5, 5.41) is 5.66. The molecule has 0 aliphatic carbocycles. The third kappa shape index (κ3) is 3.29.